The molecule has 1 saturated carbocycles. The lowest BCUT2D eigenvalue weighted by atomic mass is 9.96. The van der Waals surface area contributed by atoms with Gasteiger partial charge in [-0.1, -0.05) is 24.4 Å². The monoisotopic (exact) mass is 378 g/mol. The molecule has 1 N–H and O–H groups in total. The van der Waals surface area contributed by atoms with Gasteiger partial charge in [0, 0.05) is 25.6 Å². The zero-order valence-electron chi connectivity index (χ0n) is 14.8. The molecule has 0 aliphatic heterocycles. The van der Waals surface area contributed by atoms with Crippen LogP contribution in [0.4, 0.5) is 6.01 Å². The Morgan fingerprint density at radius 1 is 1.15 bits per heavy atom. The van der Waals surface area contributed by atoms with Gasteiger partial charge in [-0.15, -0.1) is 5.10 Å². The number of carbonyl (C=O) groups is 1. The molecule has 0 unspecified atom stereocenters. The quantitative estimate of drug-likeness (QED) is 0.857. The molecule has 2 aromatic rings. The Labute approximate surface area is 152 Å². The summed E-state index contributed by atoms with van der Waals surface area (Å²) < 4.78 is 32.2. The third-order valence-electron chi connectivity index (χ3n) is 4.63. The van der Waals surface area contributed by atoms with Crippen LogP contribution in [0.2, 0.25) is 0 Å². The van der Waals surface area contributed by atoms with Crippen molar-refractivity contribution in [3.05, 3.63) is 35.7 Å². The van der Waals surface area contributed by atoms with Gasteiger partial charge in [-0.25, -0.2) is 8.42 Å². The van der Waals surface area contributed by atoms with Crippen LogP contribution < -0.4 is 5.32 Å². The maximum atomic E-state index is 12.8. The maximum absolute atomic E-state index is 12.8. The first-order chi connectivity index (χ1) is 12.4. The predicted octanol–water partition coefficient (Wildman–Crippen LogP) is 2.58. The Morgan fingerprint density at radius 2 is 1.81 bits per heavy atom. The van der Waals surface area contributed by atoms with Crippen molar-refractivity contribution in [2.75, 3.05) is 12.4 Å². The number of sulfonamides is 1. The summed E-state index contributed by atoms with van der Waals surface area (Å²) in [6.07, 6.45) is 5.05. The molecular formula is C17H22N4O4S. The van der Waals surface area contributed by atoms with Crippen molar-refractivity contribution >= 4 is 21.9 Å². The van der Waals surface area contributed by atoms with Crippen LogP contribution in [0.1, 0.15) is 48.4 Å². The smallest absolute Gasteiger partial charge is 0.322 e. The van der Waals surface area contributed by atoms with E-state index < -0.39 is 15.9 Å². The highest BCUT2D eigenvalue weighted by atomic mass is 32.2. The van der Waals surface area contributed by atoms with Crippen LogP contribution >= 0.6 is 0 Å². The van der Waals surface area contributed by atoms with E-state index in [4.69, 9.17) is 4.42 Å². The summed E-state index contributed by atoms with van der Waals surface area (Å²) in [4.78, 5) is 12.3. The minimum atomic E-state index is -3.58. The molecule has 1 aliphatic rings. The van der Waals surface area contributed by atoms with Crippen LogP contribution in [0.5, 0.6) is 0 Å². The highest BCUT2D eigenvalue weighted by Crippen LogP contribution is 2.26. The van der Waals surface area contributed by atoms with E-state index in [0.29, 0.717) is 11.5 Å². The molecule has 0 spiro atoms. The molecular weight excluding hydrogens is 356 g/mol. The van der Waals surface area contributed by atoms with Crippen LogP contribution in [0.15, 0.2) is 33.6 Å². The lowest BCUT2D eigenvalue weighted by Gasteiger charge is -2.30. The van der Waals surface area contributed by atoms with Crippen molar-refractivity contribution in [3.63, 3.8) is 0 Å². The Kier molecular flexibility index (Phi) is 5.38. The van der Waals surface area contributed by atoms with Crippen molar-refractivity contribution in [1.29, 1.82) is 0 Å². The van der Waals surface area contributed by atoms with E-state index in [1.54, 1.807) is 14.0 Å². The van der Waals surface area contributed by atoms with Gasteiger partial charge in [0.15, 0.2) is 0 Å². The molecule has 0 radical (unpaired) electrons. The Balaban J connectivity index is 1.72. The molecule has 1 aromatic heterocycles. The van der Waals surface area contributed by atoms with Crippen LogP contribution in [-0.2, 0) is 10.0 Å². The average Bonchev–Trinajstić information content (AvgIpc) is 3.06. The number of amides is 1. The van der Waals surface area contributed by atoms with Crippen molar-refractivity contribution in [2.24, 2.45) is 0 Å². The second-order valence-corrected chi connectivity index (χ2v) is 8.42. The number of hydrogen-bond acceptors (Lipinski definition) is 6. The van der Waals surface area contributed by atoms with Gasteiger partial charge in [0.05, 0.1) is 4.90 Å². The molecule has 26 heavy (non-hydrogen) atoms. The first-order valence-corrected chi connectivity index (χ1v) is 10.0. The fraction of sp³-hybridized carbons (Fsp3) is 0.471. The summed E-state index contributed by atoms with van der Waals surface area (Å²) in [5, 5.41) is 9.79. The first kappa shape index (κ1) is 18.5. The molecule has 0 saturated heterocycles. The molecule has 8 nitrogen and oxygen atoms in total. The fourth-order valence-corrected chi connectivity index (χ4v) is 4.52. The summed E-state index contributed by atoms with van der Waals surface area (Å²) >= 11 is 0. The molecule has 9 heteroatoms. The number of anilines is 1. The number of benzene rings is 1. The third-order valence-corrected chi connectivity index (χ3v) is 6.55. The van der Waals surface area contributed by atoms with Gasteiger partial charge in [0.1, 0.15) is 0 Å². The van der Waals surface area contributed by atoms with Gasteiger partial charge in [-0.05, 0) is 37.1 Å². The van der Waals surface area contributed by atoms with Crippen LogP contribution in [0.25, 0.3) is 0 Å². The maximum Gasteiger partial charge on any atom is 0.322 e. The molecule has 1 aromatic carbocycles. The summed E-state index contributed by atoms with van der Waals surface area (Å²) in [6, 6.07) is 5.88. The van der Waals surface area contributed by atoms with Gasteiger partial charge < -0.3 is 4.42 Å². The fourth-order valence-electron chi connectivity index (χ4n) is 3.10. The summed E-state index contributed by atoms with van der Waals surface area (Å²) in [6.45, 7) is 1.62. The van der Waals surface area contributed by atoms with Gasteiger partial charge in [0.2, 0.25) is 15.9 Å². The van der Waals surface area contributed by atoms with Gasteiger partial charge in [-0.2, -0.15) is 4.31 Å². The Bertz CT molecular complexity index is 870. The van der Waals surface area contributed by atoms with E-state index in [-0.39, 0.29) is 17.0 Å². The van der Waals surface area contributed by atoms with E-state index >= 15 is 0 Å². The van der Waals surface area contributed by atoms with E-state index in [1.807, 2.05) is 0 Å². The number of aromatic nitrogens is 2. The number of rotatable bonds is 5. The van der Waals surface area contributed by atoms with Crippen LogP contribution in [0.3, 0.4) is 0 Å². The van der Waals surface area contributed by atoms with E-state index in [1.165, 1.54) is 28.6 Å². The first-order valence-electron chi connectivity index (χ1n) is 8.57. The summed E-state index contributed by atoms with van der Waals surface area (Å²) in [5.41, 5.74) is 0.306. The largest absolute Gasteiger partial charge is 0.408 e. The lowest BCUT2D eigenvalue weighted by molar-refractivity contribution is 0.102. The Hall–Kier alpha value is -2.26. The van der Waals surface area contributed by atoms with Gasteiger partial charge in [-0.3, -0.25) is 10.1 Å². The second kappa shape index (κ2) is 7.55. The SMILES string of the molecule is Cc1nnc(NC(=O)c2ccc(S(=O)(=O)N(C)C3CCCCC3)cc2)o1. The average molecular weight is 378 g/mol. The minimum absolute atomic E-state index is 0.00114. The zero-order chi connectivity index (χ0) is 18.7. The molecule has 0 atom stereocenters. The molecule has 0 bridgehead atoms. The Morgan fingerprint density at radius 3 is 2.38 bits per heavy atom. The second-order valence-electron chi connectivity index (χ2n) is 6.42. The number of carbonyl (C=O) groups excluding carboxylic acids is 1. The molecule has 3 rings (SSSR count). The summed E-state index contributed by atoms with van der Waals surface area (Å²) in [7, 11) is -1.95. The highest BCUT2D eigenvalue weighted by Gasteiger charge is 2.29. The topological polar surface area (TPSA) is 105 Å². The number of nitrogens with zero attached hydrogens (tertiary/aromatic N) is 3. The zero-order valence-corrected chi connectivity index (χ0v) is 15.6. The van der Waals surface area contributed by atoms with Crippen molar-refractivity contribution in [1.82, 2.24) is 14.5 Å². The molecule has 1 fully saturated rings. The van der Waals surface area contributed by atoms with Gasteiger partial charge >= 0.3 is 6.01 Å². The number of hydrogen-bond donors (Lipinski definition) is 1. The van der Waals surface area contributed by atoms with E-state index in [2.05, 4.69) is 15.5 Å². The van der Waals surface area contributed by atoms with Gasteiger partial charge in [0.25, 0.3) is 5.91 Å². The predicted molar refractivity (Wildman–Crippen MR) is 95.3 cm³/mol. The molecule has 140 valence electrons. The highest BCUT2D eigenvalue weighted by molar-refractivity contribution is 7.89. The van der Waals surface area contributed by atoms with Crippen LogP contribution in [0, 0.1) is 6.92 Å². The normalized spacial score (nSPS) is 16.0. The van der Waals surface area contributed by atoms with E-state index in [9.17, 15) is 13.2 Å². The standard InChI is InChI=1S/C17H22N4O4S/c1-12-19-20-17(25-12)18-16(22)13-8-10-15(11-9-13)26(23,24)21(2)14-6-4-3-5-7-14/h8-11,14H,3-7H2,1-2H3,(H,18,20,22). The number of nitrogens with one attached hydrogen (secondary N) is 1. The summed E-state index contributed by atoms with van der Waals surface area (Å²) in [5.74, 6) is -0.106. The van der Waals surface area contributed by atoms with Crippen LogP contribution in [-0.4, -0.2) is 41.9 Å². The number of aryl methyl sites for hydroxylation is 1. The molecule has 1 aliphatic carbocycles. The van der Waals surface area contributed by atoms with Crippen molar-refractivity contribution in [2.45, 2.75) is 50.0 Å². The van der Waals surface area contributed by atoms with Crippen molar-refractivity contribution in [3.8, 4) is 0 Å². The minimum Gasteiger partial charge on any atom is -0.408 e. The lowest BCUT2D eigenvalue weighted by Crippen LogP contribution is -2.38. The molecule has 1 amide bonds. The third kappa shape index (κ3) is 3.94. The molecule has 1 heterocycles. The van der Waals surface area contributed by atoms with E-state index in [0.717, 1.165) is 32.1 Å². The van der Waals surface area contributed by atoms with Crippen molar-refractivity contribution < 1.29 is 17.6 Å².